The molecule has 1 aromatic carbocycles. The third-order valence-corrected chi connectivity index (χ3v) is 5.74. The number of thioether (sulfide) groups is 1. The Morgan fingerprint density at radius 2 is 2.11 bits per heavy atom. The molecule has 1 aliphatic heterocycles. The lowest BCUT2D eigenvalue weighted by Gasteiger charge is -2.15. The lowest BCUT2D eigenvalue weighted by Crippen LogP contribution is -2.41. The highest BCUT2D eigenvalue weighted by Crippen LogP contribution is 2.25. The van der Waals surface area contributed by atoms with Gasteiger partial charge < -0.3 is 19.8 Å². The Hall–Kier alpha value is -1.35. The molecule has 2 aromatic rings. The van der Waals surface area contributed by atoms with Gasteiger partial charge in [-0.15, -0.1) is 24.0 Å². The third kappa shape index (κ3) is 7.65. The van der Waals surface area contributed by atoms with E-state index in [-0.39, 0.29) is 24.0 Å². The number of guanidine groups is 1. The number of furan rings is 1. The monoisotopic (exact) mass is 501 g/mol. The Morgan fingerprint density at radius 1 is 1.26 bits per heavy atom. The van der Waals surface area contributed by atoms with Crippen molar-refractivity contribution in [2.45, 2.75) is 31.1 Å². The minimum absolute atomic E-state index is 0. The predicted molar refractivity (Wildman–Crippen MR) is 123 cm³/mol. The summed E-state index contributed by atoms with van der Waals surface area (Å²) in [5.74, 6) is 3.99. The summed E-state index contributed by atoms with van der Waals surface area (Å²) in [6.45, 7) is 2.39. The van der Waals surface area contributed by atoms with Crippen LogP contribution < -0.4 is 15.4 Å². The number of rotatable bonds is 8. The number of benzene rings is 1. The average molecular weight is 501 g/mol. The van der Waals surface area contributed by atoms with E-state index in [1.54, 1.807) is 13.4 Å². The van der Waals surface area contributed by atoms with Gasteiger partial charge in [-0.3, -0.25) is 0 Å². The molecule has 1 unspecified atom stereocenters. The van der Waals surface area contributed by atoms with Crippen molar-refractivity contribution in [1.82, 2.24) is 10.6 Å². The van der Waals surface area contributed by atoms with Crippen LogP contribution in [0.3, 0.4) is 0 Å². The largest absolute Gasteiger partial charge is 0.497 e. The molecule has 3 rings (SSSR count). The van der Waals surface area contributed by atoms with Crippen molar-refractivity contribution >= 4 is 41.7 Å². The maximum atomic E-state index is 5.39. The number of aliphatic imine (C=N–C) groups is 1. The van der Waals surface area contributed by atoms with Crippen molar-refractivity contribution in [3.05, 3.63) is 54.0 Å². The fourth-order valence-corrected chi connectivity index (χ4v) is 4.05. The SMILES string of the molecule is COc1ccc(CN=C(NCCc2ccco2)NCC2CCCS2)cc1.I. The number of methoxy groups -OCH3 is 1. The van der Waals surface area contributed by atoms with Crippen molar-refractivity contribution < 1.29 is 9.15 Å². The van der Waals surface area contributed by atoms with E-state index in [1.807, 2.05) is 24.3 Å². The highest BCUT2D eigenvalue weighted by molar-refractivity contribution is 14.0. The van der Waals surface area contributed by atoms with E-state index in [0.29, 0.717) is 11.8 Å². The molecule has 0 saturated carbocycles. The van der Waals surface area contributed by atoms with Gasteiger partial charge in [0.25, 0.3) is 0 Å². The van der Waals surface area contributed by atoms with Crippen LogP contribution in [-0.4, -0.2) is 37.2 Å². The minimum Gasteiger partial charge on any atom is -0.497 e. The molecular formula is C20H28IN3O2S. The molecule has 0 bridgehead atoms. The second-order valence-electron chi connectivity index (χ2n) is 6.28. The maximum absolute atomic E-state index is 5.39. The highest BCUT2D eigenvalue weighted by atomic mass is 127. The highest BCUT2D eigenvalue weighted by Gasteiger charge is 2.15. The second kappa shape index (κ2) is 12.2. The first-order valence-electron chi connectivity index (χ1n) is 9.12. The van der Waals surface area contributed by atoms with Crippen LogP contribution in [0.15, 0.2) is 52.1 Å². The van der Waals surface area contributed by atoms with Crippen LogP contribution in [0.4, 0.5) is 0 Å². The zero-order chi connectivity index (χ0) is 18.0. The number of hydrogen-bond acceptors (Lipinski definition) is 4. The first-order valence-corrected chi connectivity index (χ1v) is 10.2. The summed E-state index contributed by atoms with van der Waals surface area (Å²) < 4.78 is 10.6. The molecule has 7 heteroatoms. The molecule has 1 aliphatic rings. The molecule has 2 N–H and O–H groups in total. The van der Waals surface area contributed by atoms with Gasteiger partial charge in [0.05, 0.1) is 19.9 Å². The lowest BCUT2D eigenvalue weighted by atomic mass is 10.2. The average Bonchev–Trinajstić information content (AvgIpc) is 3.38. The Balaban J connectivity index is 0.00000261. The van der Waals surface area contributed by atoms with Gasteiger partial charge in [-0.25, -0.2) is 4.99 Å². The van der Waals surface area contributed by atoms with E-state index >= 15 is 0 Å². The van der Waals surface area contributed by atoms with Gasteiger partial charge in [0.1, 0.15) is 11.5 Å². The van der Waals surface area contributed by atoms with Crippen molar-refractivity contribution in [2.24, 2.45) is 4.99 Å². The van der Waals surface area contributed by atoms with Gasteiger partial charge in [-0.2, -0.15) is 11.8 Å². The van der Waals surface area contributed by atoms with E-state index in [9.17, 15) is 0 Å². The van der Waals surface area contributed by atoms with Crippen molar-refractivity contribution in [1.29, 1.82) is 0 Å². The van der Waals surface area contributed by atoms with E-state index in [0.717, 1.165) is 42.5 Å². The zero-order valence-electron chi connectivity index (χ0n) is 15.6. The van der Waals surface area contributed by atoms with Crippen LogP contribution >= 0.6 is 35.7 Å². The summed E-state index contributed by atoms with van der Waals surface area (Å²) in [5.41, 5.74) is 1.16. The van der Waals surface area contributed by atoms with Gasteiger partial charge in [0, 0.05) is 24.8 Å². The number of nitrogens with one attached hydrogen (secondary N) is 2. The Morgan fingerprint density at radius 3 is 2.78 bits per heavy atom. The topological polar surface area (TPSA) is 58.8 Å². The summed E-state index contributed by atoms with van der Waals surface area (Å²) in [7, 11) is 1.68. The number of nitrogens with zero attached hydrogens (tertiary/aromatic N) is 1. The smallest absolute Gasteiger partial charge is 0.191 e. The molecule has 1 saturated heterocycles. The number of hydrogen-bond donors (Lipinski definition) is 2. The molecule has 1 aromatic heterocycles. The van der Waals surface area contributed by atoms with Gasteiger partial charge in [-0.1, -0.05) is 12.1 Å². The summed E-state index contributed by atoms with van der Waals surface area (Å²) >= 11 is 2.05. The maximum Gasteiger partial charge on any atom is 0.191 e. The quantitative estimate of drug-likeness (QED) is 0.325. The molecule has 1 atom stereocenters. The lowest BCUT2D eigenvalue weighted by molar-refractivity contribution is 0.414. The van der Waals surface area contributed by atoms with Crippen molar-refractivity contribution in [3.8, 4) is 5.75 Å². The van der Waals surface area contributed by atoms with Gasteiger partial charge >= 0.3 is 0 Å². The molecular weight excluding hydrogens is 473 g/mol. The fourth-order valence-electron chi connectivity index (χ4n) is 2.85. The first-order chi connectivity index (χ1) is 12.8. The van der Waals surface area contributed by atoms with Gasteiger partial charge in [-0.05, 0) is 48.4 Å². The zero-order valence-corrected chi connectivity index (χ0v) is 18.8. The van der Waals surface area contributed by atoms with E-state index in [2.05, 4.69) is 34.5 Å². The standard InChI is InChI=1S/C20H27N3O2S.HI/c1-24-17-8-6-16(7-9-17)14-22-20(23-15-19-5-3-13-26-19)21-11-10-18-4-2-12-25-18;/h2,4,6-9,12,19H,3,5,10-11,13-15H2,1H3,(H2,21,22,23);1H. The summed E-state index contributed by atoms with van der Waals surface area (Å²) in [6.07, 6.45) is 5.16. The molecule has 0 aliphatic carbocycles. The van der Waals surface area contributed by atoms with E-state index in [1.165, 1.54) is 18.6 Å². The fraction of sp³-hybridized carbons (Fsp3) is 0.450. The van der Waals surface area contributed by atoms with Crippen LogP contribution in [0, 0.1) is 0 Å². The first kappa shape index (κ1) is 21.9. The molecule has 0 spiro atoms. The summed E-state index contributed by atoms with van der Waals surface area (Å²) in [6, 6.07) is 12.0. The molecule has 5 nitrogen and oxygen atoms in total. The van der Waals surface area contributed by atoms with Crippen LogP contribution in [0.1, 0.15) is 24.2 Å². The van der Waals surface area contributed by atoms with Crippen LogP contribution in [0.2, 0.25) is 0 Å². The normalized spacial score (nSPS) is 16.6. The number of halogens is 1. The van der Waals surface area contributed by atoms with Gasteiger partial charge in [0.15, 0.2) is 5.96 Å². The Bertz CT molecular complexity index is 671. The van der Waals surface area contributed by atoms with E-state index in [4.69, 9.17) is 14.1 Å². The molecule has 148 valence electrons. The second-order valence-corrected chi connectivity index (χ2v) is 7.69. The Labute approximate surface area is 182 Å². The third-order valence-electron chi connectivity index (χ3n) is 4.34. The molecule has 0 amide bonds. The van der Waals surface area contributed by atoms with Gasteiger partial charge in [0.2, 0.25) is 0 Å². The predicted octanol–water partition coefficient (Wildman–Crippen LogP) is 4.08. The number of ether oxygens (including phenoxy) is 1. The summed E-state index contributed by atoms with van der Waals surface area (Å²) in [4.78, 5) is 4.74. The van der Waals surface area contributed by atoms with Crippen molar-refractivity contribution in [2.75, 3.05) is 26.0 Å². The Kier molecular flexibility index (Phi) is 9.90. The molecule has 1 fully saturated rings. The molecule has 27 heavy (non-hydrogen) atoms. The van der Waals surface area contributed by atoms with E-state index < -0.39 is 0 Å². The minimum atomic E-state index is 0. The van der Waals surface area contributed by atoms with Crippen LogP contribution in [-0.2, 0) is 13.0 Å². The van der Waals surface area contributed by atoms with Crippen molar-refractivity contribution in [3.63, 3.8) is 0 Å². The summed E-state index contributed by atoms with van der Waals surface area (Å²) in [5, 5.41) is 7.61. The molecule has 0 radical (unpaired) electrons. The molecule has 2 heterocycles. The van der Waals surface area contributed by atoms with Crippen LogP contribution in [0.25, 0.3) is 0 Å². The van der Waals surface area contributed by atoms with Crippen LogP contribution in [0.5, 0.6) is 5.75 Å².